The van der Waals surface area contributed by atoms with Gasteiger partial charge in [0.1, 0.15) is 5.82 Å². The largest absolute Gasteiger partial charge is 0.480 e. The van der Waals surface area contributed by atoms with Crippen LogP contribution in [0.5, 0.6) is 0 Å². The molecule has 7 heteroatoms. The lowest BCUT2D eigenvalue weighted by atomic mass is 10.0. The summed E-state index contributed by atoms with van der Waals surface area (Å²) in [4.78, 5) is 11.4. The summed E-state index contributed by atoms with van der Waals surface area (Å²) < 4.78 is 14.2. The molecule has 0 radical (unpaired) electrons. The van der Waals surface area contributed by atoms with Gasteiger partial charge in [0.2, 0.25) is 0 Å². The van der Waals surface area contributed by atoms with Crippen LogP contribution in [0.2, 0.25) is 0 Å². The Morgan fingerprint density at radius 1 is 1.33 bits per heavy atom. The molecule has 0 spiro atoms. The average Bonchev–Trinajstić information content (AvgIpc) is 2.86. The smallest absolute Gasteiger partial charge is 0.328 e. The summed E-state index contributed by atoms with van der Waals surface area (Å²) >= 11 is 0. The van der Waals surface area contributed by atoms with Crippen LogP contribution in [0.3, 0.4) is 0 Å². The van der Waals surface area contributed by atoms with Crippen LogP contribution in [0, 0.1) is 11.7 Å². The van der Waals surface area contributed by atoms with Crippen LogP contribution >= 0.6 is 0 Å². The highest BCUT2D eigenvalue weighted by Crippen LogP contribution is 2.19. The van der Waals surface area contributed by atoms with E-state index in [4.69, 9.17) is 0 Å². The van der Waals surface area contributed by atoms with Gasteiger partial charge in [0.15, 0.2) is 11.9 Å². The Balaban J connectivity index is 2.24. The molecule has 0 saturated heterocycles. The van der Waals surface area contributed by atoms with Gasteiger partial charge in [0, 0.05) is 6.42 Å². The second-order valence-corrected chi connectivity index (χ2v) is 5.33. The predicted molar refractivity (Wildman–Crippen MR) is 73.2 cm³/mol. The van der Waals surface area contributed by atoms with Gasteiger partial charge in [0.25, 0.3) is 0 Å². The average molecular weight is 292 g/mol. The predicted octanol–water partition coefficient (Wildman–Crippen LogP) is 2.07. The second kappa shape index (κ2) is 6.43. The summed E-state index contributed by atoms with van der Waals surface area (Å²) in [6, 6.07) is 5.17. The maximum absolute atomic E-state index is 12.9. The summed E-state index contributed by atoms with van der Waals surface area (Å²) in [5, 5.41) is 20.6. The van der Waals surface area contributed by atoms with Crippen molar-refractivity contribution in [1.82, 2.24) is 20.2 Å². The maximum atomic E-state index is 12.9. The molecule has 112 valence electrons. The van der Waals surface area contributed by atoms with Crippen LogP contribution in [0.15, 0.2) is 24.3 Å². The number of carboxylic acids is 1. The first-order valence-corrected chi connectivity index (χ1v) is 6.71. The molecule has 1 atom stereocenters. The zero-order valence-electron chi connectivity index (χ0n) is 11.9. The molecule has 0 fully saturated rings. The number of rotatable bonds is 6. The highest BCUT2D eigenvalue weighted by atomic mass is 19.1. The molecule has 0 saturated carbocycles. The molecule has 1 aromatic carbocycles. The van der Waals surface area contributed by atoms with E-state index in [9.17, 15) is 14.3 Å². The van der Waals surface area contributed by atoms with E-state index in [-0.39, 0.29) is 11.7 Å². The topological polar surface area (TPSA) is 80.9 Å². The normalized spacial score (nSPS) is 12.6. The number of carbonyl (C=O) groups is 1. The molecule has 0 aliphatic heterocycles. The van der Waals surface area contributed by atoms with Crippen LogP contribution in [0.25, 0.3) is 0 Å². The van der Waals surface area contributed by atoms with Crippen LogP contribution < -0.4 is 0 Å². The number of tetrazole rings is 1. The fourth-order valence-corrected chi connectivity index (χ4v) is 2.11. The molecular weight excluding hydrogens is 275 g/mol. The minimum atomic E-state index is -0.962. The van der Waals surface area contributed by atoms with Gasteiger partial charge in [0.05, 0.1) is 0 Å². The number of hydrogen-bond acceptors (Lipinski definition) is 4. The number of hydrogen-bond donors (Lipinski definition) is 1. The van der Waals surface area contributed by atoms with Gasteiger partial charge in [-0.1, -0.05) is 26.0 Å². The Morgan fingerprint density at radius 3 is 2.57 bits per heavy atom. The van der Waals surface area contributed by atoms with Crippen molar-refractivity contribution in [2.45, 2.75) is 32.7 Å². The Morgan fingerprint density at radius 2 is 2.00 bits per heavy atom. The first-order valence-electron chi connectivity index (χ1n) is 6.71. The molecule has 2 rings (SSSR count). The van der Waals surface area contributed by atoms with Crippen molar-refractivity contribution in [2.75, 3.05) is 0 Å². The lowest BCUT2D eigenvalue weighted by molar-refractivity contribution is -0.141. The molecular formula is C14H17FN4O2. The fraction of sp³-hybridized carbons (Fsp3) is 0.429. The van der Waals surface area contributed by atoms with Gasteiger partial charge in [-0.15, -0.1) is 5.10 Å². The second-order valence-electron chi connectivity index (χ2n) is 5.33. The van der Waals surface area contributed by atoms with E-state index in [0.29, 0.717) is 18.7 Å². The Kier molecular flexibility index (Phi) is 4.62. The summed E-state index contributed by atoms with van der Waals surface area (Å²) in [5.41, 5.74) is 0.820. The highest BCUT2D eigenvalue weighted by molar-refractivity contribution is 5.71. The van der Waals surface area contributed by atoms with Crippen molar-refractivity contribution < 1.29 is 14.3 Å². The number of benzene rings is 1. The van der Waals surface area contributed by atoms with Crippen LogP contribution in [0.4, 0.5) is 4.39 Å². The minimum Gasteiger partial charge on any atom is -0.480 e. The molecule has 21 heavy (non-hydrogen) atoms. The molecule has 1 unspecified atom stereocenters. The molecule has 1 N–H and O–H groups in total. The SMILES string of the molecule is CC(C)CC(C(=O)O)n1nnnc1Cc1ccc(F)cc1. The van der Waals surface area contributed by atoms with E-state index in [2.05, 4.69) is 15.5 Å². The first kappa shape index (κ1) is 15.1. The zero-order valence-corrected chi connectivity index (χ0v) is 11.9. The molecule has 6 nitrogen and oxygen atoms in total. The van der Waals surface area contributed by atoms with E-state index in [1.54, 1.807) is 12.1 Å². The quantitative estimate of drug-likeness (QED) is 0.881. The monoisotopic (exact) mass is 292 g/mol. The summed E-state index contributed by atoms with van der Waals surface area (Å²) in [6.07, 6.45) is 0.798. The van der Waals surface area contributed by atoms with Crippen LogP contribution in [-0.4, -0.2) is 31.3 Å². The molecule has 0 aliphatic rings. The molecule has 1 aromatic heterocycles. The summed E-state index contributed by atoms with van der Waals surface area (Å²) in [7, 11) is 0. The number of halogens is 1. The van der Waals surface area contributed by atoms with Crippen molar-refractivity contribution in [3.05, 3.63) is 41.5 Å². The minimum absolute atomic E-state index is 0.203. The van der Waals surface area contributed by atoms with Crippen LogP contribution in [0.1, 0.15) is 37.7 Å². The van der Waals surface area contributed by atoms with Crippen molar-refractivity contribution in [1.29, 1.82) is 0 Å². The van der Waals surface area contributed by atoms with Gasteiger partial charge in [-0.25, -0.2) is 13.9 Å². The Hall–Kier alpha value is -2.31. The van der Waals surface area contributed by atoms with Gasteiger partial charge in [-0.3, -0.25) is 0 Å². The van der Waals surface area contributed by atoms with Crippen molar-refractivity contribution >= 4 is 5.97 Å². The van der Waals surface area contributed by atoms with E-state index >= 15 is 0 Å². The van der Waals surface area contributed by atoms with E-state index in [1.807, 2.05) is 13.8 Å². The third kappa shape index (κ3) is 3.84. The van der Waals surface area contributed by atoms with E-state index in [1.165, 1.54) is 16.8 Å². The molecule has 0 aliphatic carbocycles. The van der Waals surface area contributed by atoms with Crippen molar-refractivity contribution in [3.8, 4) is 0 Å². The van der Waals surface area contributed by atoms with E-state index in [0.717, 1.165) is 5.56 Å². The Bertz CT molecular complexity index is 610. The first-order chi connectivity index (χ1) is 9.97. The fourth-order valence-electron chi connectivity index (χ4n) is 2.11. The summed E-state index contributed by atoms with van der Waals surface area (Å²) in [6.45, 7) is 3.89. The number of nitrogens with zero attached hydrogens (tertiary/aromatic N) is 4. The van der Waals surface area contributed by atoms with Crippen molar-refractivity contribution in [2.24, 2.45) is 5.92 Å². The lowest BCUT2D eigenvalue weighted by Gasteiger charge is -2.16. The standard InChI is InChI=1S/C14H17FN4O2/c1-9(2)7-12(14(20)21)19-13(16-17-18-19)8-10-3-5-11(15)6-4-10/h3-6,9,12H,7-8H2,1-2H3,(H,20,21). The number of aliphatic carboxylic acids is 1. The van der Waals surface area contributed by atoms with Crippen LogP contribution in [-0.2, 0) is 11.2 Å². The third-order valence-electron chi connectivity index (χ3n) is 3.11. The summed E-state index contributed by atoms with van der Waals surface area (Å²) in [5.74, 6) is -0.624. The number of carboxylic acid groups (broad SMARTS) is 1. The van der Waals surface area contributed by atoms with Gasteiger partial charge in [-0.05, 0) is 40.5 Å². The molecule has 1 heterocycles. The highest BCUT2D eigenvalue weighted by Gasteiger charge is 2.25. The van der Waals surface area contributed by atoms with Gasteiger partial charge < -0.3 is 5.11 Å². The van der Waals surface area contributed by atoms with Gasteiger partial charge in [-0.2, -0.15) is 0 Å². The van der Waals surface area contributed by atoms with E-state index < -0.39 is 12.0 Å². The lowest BCUT2D eigenvalue weighted by Crippen LogP contribution is -2.24. The molecule has 0 bridgehead atoms. The number of aromatic nitrogens is 4. The molecule has 0 amide bonds. The maximum Gasteiger partial charge on any atom is 0.328 e. The van der Waals surface area contributed by atoms with Crippen molar-refractivity contribution in [3.63, 3.8) is 0 Å². The zero-order chi connectivity index (χ0) is 15.4. The molecule has 2 aromatic rings. The Labute approximate surface area is 121 Å². The van der Waals surface area contributed by atoms with Gasteiger partial charge >= 0.3 is 5.97 Å². The third-order valence-corrected chi connectivity index (χ3v) is 3.11.